The maximum Gasteiger partial charge on any atom is 0.221 e. The summed E-state index contributed by atoms with van der Waals surface area (Å²) in [5, 5.41) is 5.96. The van der Waals surface area contributed by atoms with Gasteiger partial charge in [-0.05, 0) is 31.5 Å². The van der Waals surface area contributed by atoms with Crippen molar-refractivity contribution >= 4 is 5.91 Å². The molecule has 0 bridgehead atoms. The molecule has 1 aromatic carbocycles. The summed E-state index contributed by atoms with van der Waals surface area (Å²) in [6, 6.07) is 6.51. The first-order valence-corrected chi connectivity index (χ1v) is 5.82. The van der Waals surface area contributed by atoms with Gasteiger partial charge in [0.05, 0.1) is 0 Å². The summed E-state index contributed by atoms with van der Waals surface area (Å²) in [5.74, 6) is -0.184. The first-order valence-electron chi connectivity index (χ1n) is 5.82. The van der Waals surface area contributed by atoms with Gasteiger partial charge in [-0.15, -0.1) is 0 Å². The summed E-state index contributed by atoms with van der Waals surface area (Å²) in [5.41, 5.74) is 1.01. The molecule has 0 radical (unpaired) electrons. The van der Waals surface area contributed by atoms with Gasteiger partial charge >= 0.3 is 0 Å². The highest BCUT2D eigenvalue weighted by Crippen LogP contribution is 2.01. The molecule has 0 heterocycles. The van der Waals surface area contributed by atoms with Crippen LogP contribution in [-0.2, 0) is 11.3 Å². The van der Waals surface area contributed by atoms with Crippen LogP contribution >= 0.6 is 0 Å². The van der Waals surface area contributed by atoms with E-state index in [9.17, 15) is 9.18 Å². The molecule has 1 amide bonds. The normalized spacial score (nSPS) is 10.6. The summed E-state index contributed by atoms with van der Waals surface area (Å²) in [4.78, 5) is 11.3. The van der Waals surface area contributed by atoms with Gasteiger partial charge in [0.15, 0.2) is 0 Å². The van der Waals surface area contributed by atoms with Crippen molar-refractivity contribution in [1.29, 1.82) is 0 Å². The number of halogens is 1. The molecular formula is C13H19FN2O. The summed E-state index contributed by atoms with van der Waals surface area (Å²) < 4.78 is 12.6. The Balaban J connectivity index is 2.16. The zero-order valence-electron chi connectivity index (χ0n) is 10.3. The lowest BCUT2D eigenvalue weighted by molar-refractivity contribution is -0.121. The molecule has 0 saturated heterocycles. The van der Waals surface area contributed by atoms with Gasteiger partial charge in [0.2, 0.25) is 5.91 Å². The second kappa shape index (κ2) is 7.01. The third kappa shape index (κ3) is 6.02. The molecule has 2 N–H and O–H groups in total. The van der Waals surface area contributed by atoms with E-state index in [0.717, 1.165) is 5.56 Å². The van der Waals surface area contributed by atoms with Crippen LogP contribution in [0.3, 0.4) is 0 Å². The van der Waals surface area contributed by atoms with Crippen LogP contribution in [0.1, 0.15) is 25.8 Å². The molecular weight excluding hydrogens is 219 g/mol. The van der Waals surface area contributed by atoms with Gasteiger partial charge in [0, 0.05) is 25.6 Å². The second-order valence-electron chi connectivity index (χ2n) is 4.28. The van der Waals surface area contributed by atoms with E-state index in [1.165, 1.54) is 12.1 Å². The van der Waals surface area contributed by atoms with E-state index in [1.54, 1.807) is 12.1 Å². The van der Waals surface area contributed by atoms with Crippen LogP contribution in [0.5, 0.6) is 0 Å². The number of amides is 1. The highest BCUT2D eigenvalue weighted by atomic mass is 19.1. The minimum Gasteiger partial charge on any atom is -0.354 e. The average Bonchev–Trinajstić information content (AvgIpc) is 2.26. The van der Waals surface area contributed by atoms with Gasteiger partial charge in [-0.25, -0.2) is 4.39 Å². The largest absolute Gasteiger partial charge is 0.354 e. The second-order valence-corrected chi connectivity index (χ2v) is 4.28. The predicted molar refractivity (Wildman–Crippen MR) is 66.0 cm³/mol. The molecule has 0 aromatic heterocycles. The summed E-state index contributed by atoms with van der Waals surface area (Å²) in [7, 11) is 0. The molecule has 0 aliphatic heterocycles. The molecule has 0 saturated carbocycles. The van der Waals surface area contributed by atoms with Gasteiger partial charge < -0.3 is 10.6 Å². The zero-order valence-corrected chi connectivity index (χ0v) is 10.3. The van der Waals surface area contributed by atoms with Crippen molar-refractivity contribution in [2.75, 3.05) is 6.54 Å². The lowest BCUT2D eigenvalue weighted by Crippen LogP contribution is -2.32. The lowest BCUT2D eigenvalue weighted by Gasteiger charge is -2.08. The maximum atomic E-state index is 12.6. The Kier molecular flexibility index (Phi) is 5.63. The Bertz CT molecular complexity index is 349. The number of benzene rings is 1. The van der Waals surface area contributed by atoms with Crippen molar-refractivity contribution < 1.29 is 9.18 Å². The molecule has 0 spiro atoms. The third-order valence-electron chi connectivity index (χ3n) is 2.22. The Labute approximate surface area is 101 Å². The van der Waals surface area contributed by atoms with Crippen LogP contribution in [0.25, 0.3) is 0 Å². The van der Waals surface area contributed by atoms with E-state index >= 15 is 0 Å². The summed E-state index contributed by atoms with van der Waals surface area (Å²) in [6.07, 6.45) is 0.458. The van der Waals surface area contributed by atoms with E-state index in [2.05, 4.69) is 10.6 Å². The number of hydrogen-bond donors (Lipinski definition) is 2. The quantitative estimate of drug-likeness (QED) is 0.742. The summed E-state index contributed by atoms with van der Waals surface area (Å²) in [6.45, 7) is 5.14. The van der Waals surface area contributed by atoms with E-state index in [1.807, 2.05) is 13.8 Å². The fourth-order valence-corrected chi connectivity index (χ4v) is 1.43. The van der Waals surface area contributed by atoms with Crippen molar-refractivity contribution in [2.24, 2.45) is 0 Å². The maximum absolute atomic E-state index is 12.6. The minimum absolute atomic E-state index is 0.0478. The Morgan fingerprint density at radius 2 is 1.94 bits per heavy atom. The van der Waals surface area contributed by atoms with Crippen molar-refractivity contribution in [2.45, 2.75) is 32.9 Å². The standard InChI is InChI=1S/C13H19FN2O/c1-10(2)16-13(17)7-8-15-9-11-3-5-12(14)6-4-11/h3-6,10,15H,7-9H2,1-2H3,(H,16,17). The van der Waals surface area contributed by atoms with Gasteiger partial charge in [0.1, 0.15) is 5.82 Å². The number of carbonyl (C=O) groups is 1. The number of rotatable bonds is 6. The van der Waals surface area contributed by atoms with Crippen molar-refractivity contribution in [3.05, 3.63) is 35.6 Å². The van der Waals surface area contributed by atoms with Crippen molar-refractivity contribution in [1.82, 2.24) is 10.6 Å². The van der Waals surface area contributed by atoms with Crippen LogP contribution < -0.4 is 10.6 Å². The monoisotopic (exact) mass is 238 g/mol. The first kappa shape index (κ1) is 13.6. The highest BCUT2D eigenvalue weighted by molar-refractivity contribution is 5.76. The highest BCUT2D eigenvalue weighted by Gasteiger charge is 2.02. The molecule has 0 aliphatic rings. The van der Waals surface area contributed by atoms with Crippen molar-refractivity contribution in [3.8, 4) is 0 Å². The Morgan fingerprint density at radius 1 is 1.29 bits per heavy atom. The molecule has 0 atom stereocenters. The molecule has 4 heteroatoms. The molecule has 0 fully saturated rings. The fraction of sp³-hybridized carbons (Fsp3) is 0.462. The molecule has 3 nitrogen and oxygen atoms in total. The SMILES string of the molecule is CC(C)NC(=O)CCNCc1ccc(F)cc1. The van der Waals surface area contributed by atoms with E-state index in [0.29, 0.717) is 19.5 Å². The number of nitrogens with one attached hydrogen (secondary N) is 2. The van der Waals surface area contributed by atoms with Crippen LogP contribution in [0.2, 0.25) is 0 Å². The van der Waals surface area contributed by atoms with Gasteiger partial charge in [0.25, 0.3) is 0 Å². The van der Waals surface area contributed by atoms with Gasteiger partial charge in [-0.3, -0.25) is 4.79 Å². The average molecular weight is 238 g/mol. The van der Waals surface area contributed by atoms with E-state index < -0.39 is 0 Å². The Morgan fingerprint density at radius 3 is 2.53 bits per heavy atom. The van der Waals surface area contributed by atoms with Crippen LogP contribution in [0, 0.1) is 5.82 Å². The topological polar surface area (TPSA) is 41.1 Å². The molecule has 0 unspecified atom stereocenters. The molecule has 94 valence electrons. The smallest absolute Gasteiger partial charge is 0.221 e. The van der Waals surface area contributed by atoms with Gasteiger partial charge in [-0.1, -0.05) is 12.1 Å². The summed E-state index contributed by atoms with van der Waals surface area (Å²) >= 11 is 0. The number of carbonyl (C=O) groups excluding carboxylic acids is 1. The van der Waals surface area contributed by atoms with Gasteiger partial charge in [-0.2, -0.15) is 0 Å². The predicted octanol–water partition coefficient (Wildman–Crippen LogP) is 1.83. The van der Waals surface area contributed by atoms with Crippen LogP contribution in [0.4, 0.5) is 4.39 Å². The fourth-order valence-electron chi connectivity index (χ4n) is 1.43. The molecule has 0 aliphatic carbocycles. The van der Waals surface area contributed by atoms with Crippen molar-refractivity contribution in [3.63, 3.8) is 0 Å². The van der Waals surface area contributed by atoms with Crippen LogP contribution in [-0.4, -0.2) is 18.5 Å². The number of hydrogen-bond acceptors (Lipinski definition) is 2. The Hall–Kier alpha value is -1.42. The lowest BCUT2D eigenvalue weighted by atomic mass is 10.2. The zero-order chi connectivity index (χ0) is 12.7. The van der Waals surface area contributed by atoms with E-state index in [-0.39, 0.29) is 17.8 Å². The molecule has 17 heavy (non-hydrogen) atoms. The molecule has 1 aromatic rings. The third-order valence-corrected chi connectivity index (χ3v) is 2.22. The van der Waals surface area contributed by atoms with E-state index in [4.69, 9.17) is 0 Å². The van der Waals surface area contributed by atoms with Crippen LogP contribution in [0.15, 0.2) is 24.3 Å². The molecule has 1 rings (SSSR count). The minimum atomic E-state index is -0.231. The first-order chi connectivity index (χ1) is 8.08.